The molecule has 3 nitrogen and oxygen atoms in total. The molecule has 0 fully saturated rings. The molecule has 5 heteroatoms. The molecule has 0 radical (unpaired) electrons. The third kappa shape index (κ3) is 4.05. The molecule has 96 valence electrons. The highest BCUT2D eigenvalue weighted by Crippen LogP contribution is 2.20. The maximum atomic E-state index is 8.61. The van der Waals surface area contributed by atoms with Crippen LogP contribution >= 0.6 is 31.9 Å². The summed E-state index contributed by atoms with van der Waals surface area (Å²) in [4.78, 5) is 4.34. The van der Waals surface area contributed by atoms with Crippen LogP contribution in [0.3, 0.4) is 0 Å². The van der Waals surface area contributed by atoms with Gasteiger partial charge in [0.15, 0.2) is 0 Å². The predicted octanol–water partition coefficient (Wildman–Crippen LogP) is 4.28. The lowest BCUT2D eigenvalue weighted by molar-refractivity contribution is 1.03. The van der Waals surface area contributed by atoms with Gasteiger partial charge >= 0.3 is 0 Å². The van der Waals surface area contributed by atoms with E-state index in [2.05, 4.69) is 48.2 Å². The Labute approximate surface area is 128 Å². The zero-order chi connectivity index (χ0) is 13.7. The Hall–Kier alpha value is -1.38. The Morgan fingerprint density at radius 3 is 2.58 bits per heavy atom. The van der Waals surface area contributed by atoms with E-state index in [0.717, 1.165) is 25.9 Å². The molecule has 2 aromatic rings. The number of anilines is 1. The van der Waals surface area contributed by atoms with Crippen molar-refractivity contribution in [1.82, 2.24) is 4.98 Å². The second-order valence-corrected chi connectivity index (χ2v) is 5.74. The van der Waals surface area contributed by atoms with Crippen LogP contribution in [0.1, 0.15) is 11.3 Å². The standard InChI is InChI=1S/C14H11Br2N3/c15-11-7-13(16)14(19-8-11)9-18-12-3-1-10(2-4-12)5-6-17/h1-4,7-8,18H,5,9H2. The van der Waals surface area contributed by atoms with Crippen molar-refractivity contribution in [2.24, 2.45) is 0 Å². The van der Waals surface area contributed by atoms with Crippen molar-refractivity contribution in [2.45, 2.75) is 13.0 Å². The Kier molecular flexibility index (Phi) is 4.94. The number of aromatic nitrogens is 1. The Balaban J connectivity index is 2.00. The maximum absolute atomic E-state index is 8.61. The molecule has 1 heterocycles. The molecule has 1 N–H and O–H groups in total. The first kappa shape index (κ1) is 14.0. The monoisotopic (exact) mass is 379 g/mol. The Morgan fingerprint density at radius 1 is 1.21 bits per heavy atom. The van der Waals surface area contributed by atoms with Gasteiger partial charge in [0.25, 0.3) is 0 Å². The summed E-state index contributed by atoms with van der Waals surface area (Å²) in [5.41, 5.74) is 2.98. The van der Waals surface area contributed by atoms with Gasteiger partial charge in [-0.25, -0.2) is 0 Å². The molecule has 1 aromatic carbocycles. The van der Waals surface area contributed by atoms with Gasteiger partial charge in [-0.1, -0.05) is 12.1 Å². The van der Waals surface area contributed by atoms with Crippen LogP contribution in [0, 0.1) is 11.3 Å². The van der Waals surface area contributed by atoms with E-state index >= 15 is 0 Å². The number of nitriles is 1. The lowest BCUT2D eigenvalue weighted by Gasteiger charge is -2.08. The van der Waals surface area contributed by atoms with E-state index in [1.54, 1.807) is 6.20 Å². The molecule has 0 saturated heterocycles. The normalized spacial score (nSPS) is 9.95. The van der Waals surface area contributed by atoms with Crippen LogP contribution < -0.4 is 5.32 Å². The fourth-order valence-electron chi connectivity index (χ4n) is 1.59. The second kappa shape index (κ2) is 6.69. The minimum Gasteiger partial charge on any atom is -0.379 e. The van der Waals surface area contributed by atoms with Gasteiger partial charge in [-0.05, 0) is 55.6 Å². The minimum atomic E-state index is 0.445. The van der Waals surface area contributed by atoms with Crippen molar-refractivity contribution in [3.05, 3.63) is 56.7 Å². The average Bonchev–Trinajstić information content (AvgIpc) is 2.40. The van der Waals surface area contributed by atoms with Crippen molar-refractivity contribution in [3.8, 4) is 6.07 Å². The van der Waals surface area contributed by atoms with Crippen LogP contribution in [0.25, 0.3) is 0 Å². The molecule has 0 spiro atoms. The summed E-state index contributed by atoms with van der Waals surface area (Å²) in [5.74, 6) is 0. The van der Waals surface area contributed by atoms with Crippen molar-refractivity contribution >= 4 is 37.5 Å². The Morgan fingerprint density at radius 2 is 1.95 bits per heavy atom. The molecule has 0 aliphatic heterocycles. The van der Waals surface area contributed by atoms with Gasteiger partial charge in [0, 0.05) is 20.8 Å². The summed E-state index contributed by atoms with van der Waals surface area (Å²) in [6.45, 7) is 0.644. The lowest BCUT2D eigenvalue weighted by Crippen LogP contribution is -2.02. The van der Waals surface area contributed by atoms with E-state index in [4.69, 9.17) is 5.26 Å². The number of halogens is 2. The van der Waals surface area contributed by atoms with Gasteiger partial charge in [0.05, 0.1) is 24.7 Å². The quantitative estimate of drug-likeness (QED) is 0.860. The predicted molar refractivity (Wildman–Crippen MR) is 82.7 cm³/mol. The fraction of sp³-hybridized carbons (Fsp3) is 0.143. The van der Waals surface area contributed by atoms with E-state index in [1.165, 1.54) is 0 Å². The van der Waals surface area contributed by atoms with Crippen LogP contribution in [0.5, 0.6) is 0 Å². The SMILES string of the molecule is N#CCc1ccc(NCc2ncc(Br)cc2Br)cc1. The largest absolute Gasteiger partial charge is 0.379 e. The zero-order valence-corrected chi connectivity index (χ0v) is 13.2. The van der Waals surface area contributed by atoms with Crippen molar-refractivity contribution in [3.63, 3.8) is 0 Å². The topological polar surface area (TPSA) is 48.7 Å². The van der Waals surface area contributed by atoms with Gasteiger partial charge in [-0.15, -0.1) is 0 Å². The van der Waals surface area contributed by atoms with E-state index in [-0.39, 0.29) is 0 Å². The number of nitrogens with one attached hydrogen (secondary N) is 1. The second-order valence-electron chi connectivity index (χ2n) is 3.97. The maximum Gasteiger partial charge on any atom is 0.0737 e. The third-order valence-corrected chi connectivity index (χ3v) is 3.70. The first-order valence-electron chi connectivity index (χ1n) is 5.68. The number of hydrogen-bond donors (Lipinski definition) is 1. The Bertz CT molecular complexity index is 603. The molecule has 0 atom stereocenters. The summed E-state index contributed by atoms with van der Waals surface area (Å²) >= 11 is 6.86. The summed E-state index contributed by atoms with van der Waals surface area (Å²) in [6, 6.07) is 12.0. The van der Waals surface area contributed by atoms with Crippen LogP contribution in [0.2, 0.25) is 0 Å². The van der Waals surface area contributed by atoms with E-state index < -0.39 is 0 Å². The van der Waals surface area contributed by atoms with Crippen molar-refractivity contribution in [1.29, 1.82) is 5.26 Å². The lowest BCUT2D eigenvalue weighted by atomic mass is 10.1. The molecule has 0 unspecified atom stereocenters. The van der Waals surface area contributed by atoms with E-state index in [1.807, 2.05) is 30.3 Å². The van der Waals surface area contributed by atoms with E-state index in [0.29, 0.717) is 13.0 Å². The van der Waals surface area contributed by atoms with Crippen LogP contribution in [0.4, 0.5) is 5.69 Å². The molecule has 19 heavy (non-hydrogen) atoms. The van der Waals surface area contributed by atoms with Crippen molar-refractivity contribution < 1.29 is 0 Å². The molecule has 0 bridgehead atoms. The molecule has 0 saturated carbocycles. The highest BCUT2D eigenvalue weighted by molar-refractivity contribution is 9.11. The molecular weight excluding hydrogens is 370 g/mol. The first-order chi connectivity index (χ1) is 9.19. The number of nitrogens with zero attached hydrogens (tertiary/aromatic N) is 2. The van der Waals surface area contributed by atoms with Crippen LogP contribution in [0.15, 0.2) is 45.5 Å². The summed E-state index contributed by atoms with van der Waals surface area (Å²) in [7, 11) is 0. The van der Waals surface area contributed by atoms with Crippen molar-refractivity contribution in [2.75, 3.05) is 5.32 Å². The molecular formula is C14H11Br2N3. The molecule has 0 amide bonds. The minimum absolute atomic E-state index is 0.445. The van der Waals surface area contributed by atoms with Gasteiger partial charge in [0.2, 0.25) is 0 Å². The van der Waals surface area contributed by atoms with Crippen LogP contribution in [-0.4, -0.2) is 4.98 Å². The smallest absolute Gasteiger partial charge is 0.0737 e. The average molecular weight is 381 g/mol. The fourth-order valence-corrected chi connectivity index (χ4v) is 2.72. The number of pyridine rings is 1. The van der Waals surface area contributed by atoms with Gasteiger partial charge in [-0.3, -0.25) is 4.98 Å². The number of rotatable bonds is 4. The van der Waals surface area contributed by atoms with E-state index in [9.17, 15) is 0 Å². The highest BCUT2D eigenvalue weighted by Gasteiger charge is 2.02. The molecule has 2 rings (SSSR count). The molecule has 0 aliphatic rings. The number of hydrogen-bond acceptors (Lipinski definition) is 3. The van der Waals surface area contributed by atoms with Gasteiger partial charge in [0.1, 0.15) is 0 Å². The van der Waals surface area contributed by atoms with Crippen LogP contribution in [-0.2, 0) is 13.0 Å². The summed E-state index contributed by atoms with van der Waals surface area (Å²) in [6.07, 6.45) is 2.22. The number of benzene rings is 1. The van der Waals surface area contributed by atoms with Gasteiger partial charge < -0.3 is 5.32 Å². The van der Waals surface area contributed by atoms with Gasteiger partial charge in [-0.2, -0.15) is 5.26 Å². The third-order valence-electron chi connectivity index (χ3n) is 2.58. The molecule has 0 aliphatic carbocycles. The zero-order valence-electron chi connectivity index (χ0n) is 10.0. The summed E-state index contributed by atoms with van der Waals surface area (Å²) in [5, 5.41) is 11.9. The molecule has 1 aromatic heterocycles. The first-order valence-corrected chi connectivity index (χ1v) is 7.27. The highest BCUT2D eigenvalue weighted by atomic mass is 79.9. The summed E-state index contributed by atoms with van der Waals surface area (Å²) < 4.78 is 1.92.